The van der Waals surface area contributed by atoms with E-state index in [1.54, 1.807) is 11.7 Å². The van der Waals surface area contributed by atoms with Gasteiger partial charge in [0.15, 0.2) is 0 Å². The van der Waals surface area contributed by atoms with Crippen molar-refractivity contribution in [2.24, 2.45) is 0 Å². The van der Waals surface area contributed by atoms with Crippen LogP contribution in [0, 0.1) is 0 Å². The highest BCUT2D eigenvalue weighted by atomic mass is 32.1. The summed E-state index contributed by atoms with van der Waals surface area (Å²) >= 11 is 1.33. The summed E-state index contributed by atoms with van der Waals surface area (Å²) in [5.74, 6) is 0.663. The van der Waals surface area contributed by atoms with Crippen LogP contribution in [0.3, 0.4) is 0 Å². The largest absolute Gasteiger partial charge is 0.348 e. The summed E-state index contributed by atoms with van der Waals surface area (Å²) in [5, 5.41) is 3.07. The van der Waals surface area contributed by atoms with E-state index in [0.29, 0.717) is 12.5 Å². The maximum Gasteiger partial charge on any atom is 0.234 e. The Kier molecular flexibility index (Phi) is 2.47. The SMILES string of the molecule is c1ccc(CNc2ncsn2)nc1. The molecule has 0 aliphatic heterocycles. The maximum atomic E-state index is 4.16. The van der Waals surface area contributed by atoms with Gasteiger partial charge in [0.2, 0.25) is 5.95 Å². The van der Waals surface area contributed by atoms with E-state index in [9.17, 15) is 0 Å². The Hall–Kier alpha value is -1.49. The van der Waals surface area contributed by atoms with E-state index in [2.05, 4.69) is 19.7 Å². The Bertz CT molecular complexity index is 346. The van der Waals surface area contributed by atoms with Crippen molar-refractivity contribution >= 4 is 17.5 Å². The molecule has 0 unspecified atom stereocenters. The highest BCUT2D eigenvalue weighted by molar-refractivity contribution is 7.03. The molecule has 66 valence electrons. The number of hydrogen-bond acceptors (Lipinski definition) is 5. The van der Waals surface area contributed by atoms with Crippen LogP contribution in [-0.2, 0) is 6.54 Å². The van der Waals surface area contributed by atoms with Crippen LogP contribution in [0.5, 0.6) is 0 Å². The van der Waals surface area contributed by atoms with Gasteiger partial charge in [0.1, 0.15) is 5.51 Å². The van der Waals surface area contributed by atoms with E-state index in [-0.39, 0.29) is 0 Å². The molecule has 0 radical (unpaired) electrons. The molecular formula is C8H8N4S. The summed E-state index contributed by atoms with van der Waals surface area (Å²) in [7, 11) is 0. The molecular weight excluding hydrogens is 184 g/mol. The summed E-state index contributed by atoms with van der Waals surface area (Å²) in [5.41, 5.74) is 2.68. The summed E-state index contributed by atoms with van der Waals surface area (Å²) < 4.78 is 4.02. The van der Waals surface area contributed by atoms with Crippen LogP contribution in [0.15, 0.2) is 29.9 Å². The van der Waals surface area contributed by atoms with E-state index >= 15 is 0 Å². The quantitative estimate of drug-likeness (QED) is 0.801. The molecule has 13 heavy (non-hydrogen) atoms. The van der Waals surface area contributed by atoms with E-state index in [4.69, 9.17) is 0 Å². The number of nitrogens with zero attached hydrogens (tertiary/aromatic N) is 3. The second-order valence-corrected chi connectivity index (χ2v) is 3.03. The van der Waals surface area contributed by atoms with Gasteiger partial charge in [0, 0.05) is 6.20 Å². The third kappa shape index (κ3) is 2.22. The minimum Gasteiger partial charge on any atom is -0.348 e. The molecule has 0 fully saturated rings. The van der Waals surface area contributed by atoms with E-state index in [0.717, 1.165) is 5.69 Å². The summed E-state index contributed by atoms with van der Waals surface area (Å²) in [6.07, 6.45) is 1.77. The third-order valence-electron chi connectivity index (χ3n) is 1.52. The van der Waals surface area contributed by atoms with Gasteiger partial charge >= 0.3 is 0 Å². The second kappa shape index (κ2) is 3.95. The normalized spacial score (nSPS) is 9.85. The third-order valence-corrected chi connectivity index (χ3v) is 1.99. The van der Waals surface area contributed by atoms with Crippen LogP contribution >= 0.6 is 11.5 Å². The molecule has 0 bridgehead atoms. The van der Waals surface area contributed by atoms with Crippen molar-refractivity contribution in [2.75, 3.05) is 5.32 Å². The highest BCUT2D eigenvalue weighted by Gasteiger charge is 1.95. The number of nitrogens with one attached hydrogen (secondary N) is 1. The molecule has 5 heteroatoms. The van der Waals surface area contributed by atoms with Crippen LogP contribution < -0.4 is 5.32 Å². The standard InChI is InChI=1S/C8H8N4S/c1-2-4-9-7(3-1)5-10-8-11-6-13-12-8/h1-4,6H,5H2,(H,10,12). The fourth-order valence-corrected chi connectivity index (χ4v) is 1.33. The fourth-order valence-electron chi connectivity index (χ4n) is 0.921. The van der Waals surface area contributed by atoms with Crippen molar-refractivity contribution in [3.8, 4) is 0 Å². The van der Waals surface area contributed by atoms with Crippen molar-refractivity contribution in [3.05, 3.63) is 35.6 Å². The van der Waals surface area contributed by atoms with Crippen LogP contribution in [0.4, 0.5) is 5.95 Å². The first kappa shape index (κ1) is 8.12. The Morgan fingerprint density at radius 2 is 2.31 bits per heavy atom. The number of aromatic nitrogens is 3. The second-order valence-electron chi connectivity index (χ2n) is 2.43. The van der Waals surface area contributed by atoms with Gasteiger partial charge in [-0.25, -0.2) is 4.98 Å². The van der Waals surface area contributed by atoms with Gasteiger partial charge in [0.05, 0.1) is 12.2 Å². The van der Waals surface area contributed by atoms with Gasteiger partial charge in [0.25, 0.3) is 0 Å². The van der Waals surface area contributed by atoms with Crippen molar-refractivity contribution in [1.29, 1.82) is 0 Å². The molecule has 0 aliphatic carbocycles. The van der Waals surface area contributed by atoms with Crippen molar-refractivity contribution < 1.29 is 0 Å². The first-order valence-electron chi connectivity index (χ1n) is 3.85. The van der Waals surface area contributed by atoms with Crippen LogP contribution in [-0.4, -0.2) is 14.3 Å². The lowest BCUT2D eigenvalue weighted by atomic mass is 10.3. The Balaban J connectivity index is 1.94. The molecule has 0 saturated carbocycles. The smallest absolute Gasteiger partial charge is 0.234 e. The lowest BCUT2D eigenvalue weighted by molar-refractivity contribution is 1.02. The summed E-state index contributed by atoms with van der Waals surface area (Å²) in [6, 6.07) is 5.81. The average Bonchev–Trinajstić information content (AvgIpc) is 2.69. The van der Waals surface area contributed by atoms with Crippen LogP contribution in [0.1, 0.15) is 5.69 Å². The summed E-state index contributed by atoms with van der Waals surface area (Å²) in [6.45, 7) is 0.664. The molecule has 0 saturated heterocycles. The zero-order chi connectivity index (χ0) is 8.93. The highest BCUT2D eigenvalue weighted by Crippen LogP contribution is 2.02. The number of pyridine rings is 1. The van der Waals surface area contributed by atoms with Gasteiger partial charge < -0.3 is 5.32 Å². The molecule has 0 aromatic carbocycles. The average molecular weight is 192 g/mol. The predicted octanol–water partition coefficient (Wildman–Crippen LogP) is 1.55. The minimum absolute atomic E-state index is 0.663. The lowest BCUT2D eigenvalue weighted by Gasteiger charge is -1.99. The van der Waals surface area contributed by atoms with Crippen LogP contribution in [0.2, 0.25) is 0 Å². The zero-order valence-corrected chi connectivity index (χ0v) is 7.66. The van der Waals surface area contributed by atoms with Crippen LogP contribution in [0.25, 0.3) is 0 Å². The van der Waals surface area contributed by atoms with Gasteiger partial charge in [-0.2, -0.15) is 4.37 Å². The topological polar surface area (TPSA) is 50.7 Å². The first-order valence-corrected chi connectivity index (χ1v) is 4.69. The molecule has 2 heterocycles. The van der Waals surface area contributed by atoms with Crippen molar-refractivity contribution in [2.45, 2.75) is 6.54 Å². The molecule has 4 nitrogen and oxygen atoms in total. The molecule has 0 aliphatic rings. The molecule has 0 amide bonds. The van der Waals surface area contributed by atoms with E-state index in [1.165, 1.54) is 11.5 Å². The number of rotatable bonds is 3. The monoisotopic (exact) mass is 192 g/mol. The Morgan fingerprint density at radius 1 is 1.31 bits per heavy atom. The Labute approximate surface area is 79.8 Å². The molecule has 0 spiro atoms. The molecule has 2 rings (SSSR count). The lowest BCUT2D eigenvalue weighted by Crippen LogP contribution is -2.01. The fraction of sp³-hybridized carbons (Fsp3) is 0.125. The molecule has 1 N–H and O–H groups in total. The van der Waals surface area contributed by atoms with E-state index in [1.807, 2.05) is 18.2 Å². The van der Waals surface area contributed by atoms with Crippen molar-refractivity contribution in [3.63, 3.8) is 0 Å². The number of anilines is 1. The summed E-state index contributed by atoms with van der Waals surface area (Å²) in [4.78, 5) is 8.16. The van der Waals surface area contributed by atoms with Gasteiger partial charge in [-0.15, -0.1) is 0 Å². The Morgan fingerprint density at radius 3 is 3.00 bits per heavy atom. The number of hydrogen-bond donors (Lipinski definition) is 1. The molecule has 2 aromatic rings. The van der Waals surface area contributed by atoms with Gasteiger partial charge in [-0.05, 0) is 23.7 Å². The van der Waals surface area contributed by atoms with Crippen molar-refractivity contribution in [1.82, 2.24) is 14.3 Å². The first-order chi connectivity index (χ1) is 6.45. The maximum absolute atomic E-state index is 4.16. The zero-order valence-electron chi connectivity index (χ0n) is 6.84. The molecule has 0 atom stereocenters. The molecule has 2 aromatic heterocycles. The van der Waals surface area contributed by atoms with Gasteiger partial charge in [-0.1, -0.05) is 6.07 Å². The van der Waals surface area contributed by atoms with Gasteiger partial charge in [-0.3, -0.25) is 4.98 Å². The minimum atomic E-state index is 0.663. The van der Waals surface area contributed by atoms with E-state index < -0.39 is 0 Å². The predicted molar refractivity (Wildman–Crippen MR) is 51.5 cm³/mol.